The Morgan fingerprint density at radius 1 is 1.50 bits per heavy atom. The van der Waals surface area contributed by atoms with Crippen molar-refractivity contribution in [3.05, 3.63) is 27.8 Å². The Hall–Kier alpha value is -2.11. The Kier molecular flexibility index (Phi) is 3.44. The summed E-state index contributed by atoms with van der Waals surface area (Å²) in [5, 5.41) is 13.3. The second kappa shape index (κ2) is 4.61. The maximum absolute atomic E-state index is 11.0. The minimum Gasteiger partial charge on any atom is -0.494 e. The molecule has 0 unspecified atom stereocenters. The highest BCUT2D eigenvalue weighted by Crippen LogP contribution is 2.36. The molecule has 0 spiro atoms. The minimum atomic E-state index is -0.539. The topological polar surface area (TPSA) is 81.5 Å². The standard InChI is InChI=1S/C10H12N2O4/c1-6-4-5-8(16-3)9(11-7(2)13)10(6)12(14)15/h4-5H,1-3H3,(H,11,13). The molecule has 0 saturated carbocycles. The van der Waals surface area contributed by atoms with Gasteiger partial charge in [0.15, 0.2) is 5.69 Å². The smallest absolute Gasteiger partial charge is 0.299 e. The van der Waals surface area contributed by atoms with Crippen LogP contribution >= 0.6 is 0 Å². The van der Waals surface area contributed by atoms with E-state index >= 15 is 0 Å². The van der Waals surface area contributed by atoms with Crippen molar-refractivity contribution < 1.29 is 14.5 Å². The fourth-order valence-corrected chi connectivity index (χ4v) is 1.38. The lowest BCUT2D eigenvalue weighted by Gasteiger charge is -2.10. The first kappa shape index (κ1) is 12.0. The van der Waals surface area contributed by atoms with Crippen molar-refractivity contribution in [3.8, 4) is 5.75 Å². The SMILES string of the molecule is COc1ccc(C)c([N+](=O)[O-])c1NC(C)=O. The molecule has 0 aromatic heterocycles. The van der Waals surface area contributed by atoms with Crippen LogP contribution in [0, 0.1) is 17.0 Å². The third-order valence-electron chi connectivity index (χ3n) is 2.04. The van der Waals surface area contributed by atoms with Crippen LogP contribution in [0.4, 0.5) is 11.4 Å². The fraction of sp³-hybridized carbons (Fsp3) is 0.300. The lowest BCUT2D eigenvalue weighted by atomic mass is 10.1. The van der Waals surface area contributed by atoms with Crippen LogP contribution in [0.15, 0.2) is 12.1 Å². The van der Waals surface area contributed by atoms with Crippen LogP contribution in [-0.4, -0.2) is 17.9 Å². The van der Waals surface area contributed by atoms with E-state index in [0.29, 0.717) is 5.56 Å². The third kappa shape index (κ3) is 2.28. The Morgan fingerprint density at radius 2 is 2.12 bits per heavy atom. The summed E-state index contributed by atoms with van der Waals surface area (Å²) in [6.45, 7) is 2.88. The molecule has 1 N–H and O–H groups in total. The zero-order valence-electron chi connectivity index (χ0n) is 9.23. The van der Waals surface area contributed by atoms with Gasteiger partial charge in [-0.2, -0.15) is 0 Å². The second-order valence-electron chi connectivity index (χ2n) is 3.25. The number of rotatable bonds is 3. The molecule has 0 atom stereocenters. The van der Waals surface area contributed by atoms with Gasteiger partial charge in [-0.25, -0.2) is 0 Å². The lowest BCUT2D eigenvalue weighted by molar-refractivity contribution is -0.384. The molecule has 1 amide bonds. The van der Waals surface area contributed by atoms with E-state index in [1.165, 1.54) is 14.0 Å². The van der Waals surface area contributed by atoms with Crippen molar-refractivity contribution in [2.45, 2.75) is 13.8 Å². The van der Waals surface area contributed by atoms with Crippen LogP contribution in [0.3, 0.4) is 0 Å². The first-order chi connectivity index (χ1) is 7.47. The Balaban J connectivity index is 3.42. The summed E-state index contributed by atoms with van der Waals surface area (Å²) in [6, 6.07) is 3.15. The van der Waals surface area contributed by atoms with Gasteiger partial charge in [0, 0.05) is 12.5 Å². The molecule has 0 aliphatic heterocycles. The first-order valence-corrected chi connectivity index (χ1v) is 4.57. The zero-order valence-corrected chi connectivity index (χ0v) is 9.23. The molecule has 16 heavy (non-hydrogen) atoms. The highest BCUT2D eigenvalue weighted by atomic mass is 16.6. The molecule has 0 heterocycles. The average Bonchev–Trinajstić information content (AvgIpc) is 2.16. The number of nitrogens with one attached hydrogen (secondary N) is 1. The van der Waals surface area contributed by atoms with Crippen molar-refractivity contribution in [2.75, 3.05) is 12.4 Å². The molecule has 6 nitrogen and oxygen atoms in total. The molecule has 6 heteroatoms. The second-order valence-corrected chi connectivity index (χ2v) is 3.25. The summed E-state index contributed by atoms with van der Waals surface area (Å²) in [5.74, 6) is -0.112. The number of anilines is 1. The molecule has 0 bridgehead atoms. The van der Waals surface area contributed by atoms with E-state index in [9.17, 15) is 14.9 Å². The van der Waals surface area contributed by atoms with E-state index in [-0.39, 0.29) is 23.0 Å². The highest BCUT2D eigenvalue weighted by molar-refractivity contribution is 5.94. The number of amides is 1. The quantitative estimate of drug-likeness (QED) is 0.627. The maximum Gasteiger partial charge on any atom is 0.299 e. The predicted molar refractivity (Wildman–Crippen MR) is 58.7 cm³/mol. The molecule has 1 rings (SSSR count). The van der Waals surface area contributed by atoms with Crippen LogP contribution in [0.2, 0.25) is 0 Å². The summed E-state index contributed by atoms with van der Waals surface area (Å²) in [4.78, 5) is 21.3. The zero-order chi connectivity index (χ0) is 12.3. The first-order valence-electron chi connectivity index (χ1n) is 4.57. The number of benzene rings is 1. The van der Waals surface area contributed by atoms with Gasteiger partial charge in [0.2, 0.25) is 5.91 Å². The minimum absolute atomic E-state index is 0.0972. The predicted octanol–water partition coefficient (Wildman–Crippen LogP) is 1.87. The van der Waals surface area contributed by atoms with E-state index in [2.05, 4.69) is 5.32 Å². The molecule has 1 aromatic carbocycles. The molecule has 0 saturated heterocycles. The van der Waals surface area contributed by atoms with Crippen molar-refractivity contribution in [2.24, 2.45) is 0 Å². The normalized spacial score (nSPS) is 9.69. The van der Waals surface area contributed by atoms with E-state index in [0.717, 1.165) is 0 Å². The number of ether oxygens (including phenoxy) is 1. The largest absolute Gasteiger partial charge is 0.494 e. The Labute approximate surface area is 92.4 Å². The molecular formula is C10H12N2O4. The number of hydrogen-bond acceptors (Lipinski definition) is 4. The van der Waals surface area contributed by atoms with Crippen molar-refractivity contribution in [1.82, 2.24) is 0 Å². The summed E-state index contributed by atoms with van der Waals surface area (Å²) >= 11 is 0. The van der Waals surface area contributed by atoms with Gasteiger partial charge >= 0.3 is 0 Å². The highest BCUT2D eigenvalue weighted by Gasteiger charge is 2.22. The number of nitrogens with zero attached hydrogens (tertiary/aromatic N) is 1. The van der Waals surface area contributed by atoms with Gasteiger partial charge < -0.3 is 10.1 Å². The summed E-state index contributed by atoms with van der Waals surface area (Å²) in [5.41, 5.74) is 0.420. The van der Waals surface area contributed by atoms with Gasteiger partial charge in [-0.1, -0.05) is 0 Å². The molecule has 1 aromatic rings. The Bertz CT molecular complexity index is 443. The fourth-order valence-electron chi connectivity index (χ4n) is 1.38. The van der Waals surface area contributed by atoms with Gasteiger partial charge in [-0.3, -0.25) is 14.9 Å². The van der Waals surface area contributed by atoms with E-state index < -0.39 is 4.92 Å². The molecule has 0 radical (unpaired) electrons. The summed E-state index contributed by atoms with van der Waals surface area (Å²) in [7, 11) is 1.39. The lowest BCUT2D eigenvalue weighted by Crippen LogP contribution is -2.10. The number of nitro benzene ring substituents is 1. The monoisotopic (exact) mass is 224 g/mol. The molecule has 0 fully saturated rings. The van der Waals surface area contributed by atoms with Gasteiger partial charge in [-0.15, -0.1) is 0 Å². The Morgan fingerprint density at radius 3 is 2.56 bits per heavy atom. The van der Waals surface area contributed by atoms with Gasteiger partial charge in [0.1, 0.15) is 5.75 Å². The molecule has 0 aliphatic carbocycles. The van der Waals surface area contributed by atoms with Gasteiger partial charge in [0.05, 0.1) is 12.0 Å². The van der Waals surface area contributed by atoms with Crippen LogP contribution in [0.1, 0.15) is 12.5 Å². The number of hydrogen-bond donors (Lipinski definition) is 1. The molecule has 0 aliphatic rings. The van der Waals surface area contributed by atoms with Crippen LogP contribution in [0.25, 0.3) is 0 Å². The summed E-state index contributed by atoms with van der Waals surface area (Å²) in [6.07, 6.45) is 0. The number of nitro groups is 1. The van der Waals surface area contributed by atoms with E-state index in [4.69, 9.17) is 4.74 Å². The van der Waals surface area contributed by atoms with Crippen LogP contribution in [0.5, 0.6) is 5.75 Å². The number of methoxy groups -OCH3 is 1. The van der Waals surface area contributed by atoms with Crippen LogP contribution < -0.4 is 10.1 Å². The average molecular weight is 224 g/mol. The van der Waals surface area contributed by atoms with Crippen molar-refractivity contribution in [3.63, 3.8) is 0 Å². The van der Waals surface area contributed by atoms with E-state index in [1.807, 2.05) is 0 Å². The van der Waals surface area contributed by atoms with Crippen molar-refractivity contribution >= 4 is 17.3 Å². The van der Waals surface area contributed by atoms with Crippen molar-refractivity contribution in [1.29, 1.82) is 0 Å². The molecule has 86 valence electrons. The van der Waals surface area contributed by atoms with E-state index in [1.54, 1.807) is 19.1 Å². The number of carbonyl (C=O) groups is 1. The van der Waals surface area contributed by atoms with Gasteiger partial charge in [-0.05, 0) is 19.1 Å². The molecular weight excluding hydrogens is 212 g/mol. The summed E-state index contributed by atoms with van der Waals surface area (Å²) < 4.78 is 4.97. The maximum atomic E-state index is 11.0. The third-order valence-corrected chi connectivity index (χ3v) is 2.04. The number of carbonyl (C=O) groups excluding carboxylic acids is 1. The van der Waals surface area contributed by atoms with Crippen LogP contribution in [-0.2, 0) is 4.79 Å². The number of aryl methyl sites for hydroxylation is 1. The van der Waals surface area contributed by atoms with Gasteiger partial charge in [0.25, 0.3) is 5.69 Å².